The van der Waals surface area contributed by atoms with Crippen LogP contribution in [0.2, 0.25) is 0 Å². The highest BCUT2D eigenvalue weighted by Crippen LogP contribution is 2.27. The lowest BCUT2D eigenvalue weighted by molar-refractivity contribution is 0.173. The Hall–Kier alpha value is -1.71. The Balaban J connectivity index is 2.32. The van der Waals surface area contributed by atoms with E-state index < -0.39 is 5.54 Å². The fourth-order valence-electron chi connectivity index (χ4n) is 1.63. The van der Waals surface area contributed by atoms with Crippen LogP contribution >= 0.6 is 0 Å². The summed E-state index contributed by atoms with van der Waals surface area (Å²) in [4.78, 5) is 11.0. The monoisotopic (exact) mass is 207 g/mol. The van der Waals surface area contributed by atoms with Crippen LogP contribution in [-0.4, -0.2) is 19.8 Å². The van der Waals surface area contributed by atoms with Crippen molar-refractivity contribution in [3.05, 3.63) is 29.8 Å². The second-order valence-corrected chi connectivity index (χ2v) is 3.77. The molecule has 4 heteroatoms. The van der Waals surface area contributed by atoms with E-state index in [1.165, 1.54) is 0 Å². The highest BCUT2D eigenvalue weighted by molar-refractivity contribution is 5.71. The molecule has 1 aliphatic rings. The average Bonchev–Trinajstić information content (AvgIpc) is 2.60. The first-order valence-corrected chi connectivity index (χ1v) is 4.73. The zero-order valence-corrected chi connectivity index (χ0v) is 8.74. The average molecular weight is 207 g/mol. The zero-order valence-electron chi connectivity index (χ0n) is 8.74. The number of methoxy groups -OCH3 is 1. The fourth-order valence-corrected chi connectivity index (χ4v) is 1.63. The minimum atomic E-state index is -0.453. The van der Waals surface area contributed by atoms with Crippen molar-refractivity contribution in [1.82, 2.24) is 5.32 Å². The Labute approximate surface area is 88.2 Å². The molecule has 1 saturated heterocycles. The molecule has 0 radical (unpaired) electrons. The number of hydrogen-bond donors (Lipinski definition) is 1. The predicted molar refractivity (Wildman–Crippen MR) is 54.8 cm³/mol. The number of cyclic esters (lactones) is 1. The number of nitrogens with one attached hydrogen (secondary N) is 1. The van der Waals surface area contributed by atoms with Gasteiger partial charge in [-0.1, -0.05) is 12.1 Å². The van der Waals surface area contributed by atoms with E-state index >= 15 is 0 Å². The van der Waals surface area contributed by atoms with E-state index in [9.17, 15) is 4.79 Å². The van der Waals surface area contributed by atoms with E-state index in [1.54, 1.807) is 7.11 Å². The predicted octanol–water partition coefficient (Wildman–Crippen LogP) is 1.65. The molecule has 4 nitrogen and oxygen atoms in total. The van der Waals surface area contributed by atoms with Gasteiger partial charge in [0.2, 0.25) is 0 Å². The van der Waals surface area contributed by atoms with Gasteiger partial charge >= 0.3 is 6.09 Å². The minimum Gasteiger partial charge on any atom is -0.497 e. The number of hydrogen-bond acceptors (Lipinski definition) is 3. The summed E-state index contributed by atoms with van der Waals surface area (Å²) in [7, 11) is 1.62. The van der Waals surface area contributed by atoms with Crippen LogP contribution in [0, 0.1) is 0 Å². The third kappa shape index (κ3) is 1.75. The van der Waals surface area contributed by atoms with Gasteiger partial charge in [-0.15, -0.1) is 0 Å². The van der Waals surface area contributed by atoms with Crippen molar-refractivity contribution in [3.8, 4) is 5.75 Å². The molecule has 0 aromatic heterocycles. The molecule has 1 aromatic carbocycles. The maximum Gasteiger partial charge on any atom is 0.408 e. The highest BCUT2D eigenvalue weighted by Gasteiger charge is 2.36. The van der Waals surface area contributed by atoms with Crippen molar-refractivity contribution in [3.63, 3.8) is 0 Å². The summed E-state index contributed by atoms with van der Waals surface area (Å²) in [6, 6.07) is 7.60. The van der Waals surface area contributed by atoms with Gasteiger partial charge in [-0.25, -0.2) is 4.79 Å². The van der Waals surface area contributed by atoms with E-state index in [1.807, 2.05) is 31.2 Å². The Kier molecular flexibility index (Phi) is 2.26. The molecule has 0 saturated carbocycles. The molecule has 80 valence electrons. The van der Waals surface area contributed by atoms with E-state index in [2.05, 4.69) is 5.32 Å². The van der Waals surface area contributed by atoms with Crippen LogP contribution in [0.15, 0.2) is 24.3 Å². The summed E-state index contributed by atoms with van der Waals surface area (Å²) in [6.45, 7) is 2.27. The van der Waals surface area contributed by atoms with E-state index in [0.29, 0.717) is 6.61 Å². The van der Waals surface area contributed by atoms with Crippen LogP contribution in [0.1, 0.15) is 12.5 Å². The number of alkyl carbamates (subject to hydrolysis) is 1. The van der Waals surface area contributed by atoms with Crippen molar-refractivity contribution in [2.24, 2.45) is 0 Å². The molecule has 0 aliphatic carbocycles. The number of carbonyl (C=O) groups excluding carboxylic acids is 1. The number of amides is 1. The number of carbonyl (C=O) groups is 1. The van der Waals surface area contributed by atoms with Crippen molar-refractivity contribution in [2.45, 2.75) is 12.5 Å². The Morgan fingerprint density at radius 1 is 1.53 bits per heavy atom. The second-order valence-electron chi connectivity index (χ2n) is 3.77. The third-order valence-corrected chi connectivity index (χ3v) is 2.58. The molecule has 15 heavy (non-hydrogen) atoms. The molecule has 1 heterocycles. The van der Waals surface area contributed by atoms with Gasteiger partial charge in [-0.2, -0.15) is 0 Å². The zero-order chi connectivity index (χ0) is 10.9. The van der Waals surface area contributed by atoms with Crippen LogP contribution < -0.4 is 10.1 Å². The summed E-state index contributed by atoms with van der Waals surface area (Å²) in [5.41, 5.74) is 0.527. The molecular weight excluding hydrogens is 194 g/mol. The lowest BCUT2D eigenvalue weighted by atomic mass is 9.94. The summed E-state index contributed by atoms with van der Waals surface area (Å²) >= 11 is 0. The second kappa shape index (κ2) is 3.46. The molecule has 1 aromatic rings. The number of benzene rings is 1. The smallest absolute Gasteiger partial charge is 0.408 e. The first kappa shape index (κ1) is 9.83. The largest absolute Gasteiger partial charge is 0.497 e. The van der Waals surface area contributed by atoms with E-state index in [0.717, 1.165) is 11.3 Å². The fraction of sp³-hybridized carbons (Fsp3) is 0.364. The molecular formula is C11H13NO3. The van der Waals surface area contributed by atoms with Gasteiger partial charge in [0.25, 0.3) is 0 Å². The topological polar surface area (TPSA) is 47.6 Å². The van der Waals surface area contributed by atoms with E-state index in [4.69, 9.17) is 9.47 Å². The summed E-state index contributed by atoms with van der Waals surface area (Å²) in [5, 5.41) is 2.78. The molecule has 1 fully saturated rings. The molecule has 2 rings (SSSR count). The summed E-state index contributed by atoms with van der Waals surface area (Å²) < 4.78 is 10.0. The van der Waals surface area contributed by atoms with Gasteiger partial charge in [0.15, 0.2) is 0 Å². The van der Waals surface area contributed by atoms with Crippen molar-refractivity contribution >= 4 is 6.09 Å². The van der Waals surface area contributed by atoms with Crippen LogP contribution in [0.25, 0.3) is 0 Å². The van der Waals surface area contributed by atoms with Crippen LogP contribution in [0.5, 0.6) is 5.75 Å². The van der Waals surface area contributed by atoms with Gasteiger partial charge in [-0.3, -0.25) is 0 Å². The van der Waals surface area contributed by atoms with Crippen molar-refractivity contribution in [2.75, 3.05) is 13.7 Å². The SMILES string of the molecule is COc1cccc(C2(C)COC(=O)N2)c1. The number of rotatable bonds is 2. The Morgan fingerprint density at radius 3 is 2.93 bits per heavy atom. The quantitative estimate of drug-likeness (QED) is 0.802. The lowest BCUT2D eigenvalue weighted by Gasteiger charge is -2.21. The molecule has 1 unspecified atom stereocenters. The highest BCUT2D eigenvalue weighted by atomic mass is 16.6. The van der Waals surface area contributed by atoms with Gasteiger partial charge in [0, 0.05) is 0 Å². The maximum atomic E-state index is 11.0. The third-order valence-electron chi connectivity index (χ3n) is 2.58. The van der Waals surface area contributed by atoms with Gasteiger partial charge < -0.3 is 14.8 Å². The van der Waals surface area contributed by atoms with E-state index in [-0.39, 0.29) is 6.09 Å². The van der Waals surface area contributed by atoms with Crippen LogP contribution in [-0.2, 0) is 10.3 Å². The first-order valence-electron chi connectivity index (χ1n) is 4.73. The van der Waals surface area contributed by atoms with Crippen LogP contribution in [0.3, 0.4) is 0 Å². The van der Waals surface area contributed by atoms with Crippen LogP contribution in [0.4, 0.5) is 4.79 Å². The molecule has 1 N–H and O–H groups in total. The Morgan fingerprint density at radius 2 is 2.33 bits per heavy atom. The first-order chi connectivity index (χ1) is 7.14. The van der Waals surface area contributed by atoms with Crippen molar-refractivity contribution in [1.29, 1.82) is 0 Å². The van der Waals surface area contributed by atoms with Crippen molar-refractivity contribution < 1.29 is 14.3 Å². The standard InChI is InChI=1S/C11H13NO3/c1-11(7-15-10(13)12-11)8-4-3-5-9(6-8)14-2/h3-6H,7H2,1-2H3,(H,12,13). The van der Waals surface area contributed by atoms with Gasteiger partial charge in [0.1, 0.15) is 12.4 Å². The lowest BCUT2D eigenvalue weighted by Crippen LogP contribution is -2.37. The van der Waals surface area contributed by atoms with Gasteiger partial charge in [-0.05, 0) is 24.6 Å². The summed E-state index contributed by atoms with van der Waals surface area (Å²) in [5.74, 6) is 0.773. The molecule has 0 bridgehead atoms. The number of ether oxygens (including phenoxy) is 2. The summed E-state index contributed by atoms with van der Waals surface area (Å²) in [6.07, 6.45) is -0.375. The Bertz CT molecular complexity index is 391. The molecule has 0 spiro atoms. The minimum absolute atomic E-state index is 0.346. The maximum absolute atomic E-state index is 11.0. The molecule has 1 atom stereocenters. The molecule has 1 aliphatic heterocycles. The van der Waals surface area contributed by atoms with Gasteiger partial charge in [0.05, 0.1) is 12.6 Å². The molecule has 1 amide bonds. The normalized spacial score (nSPS) is 24.5.